The molecule has 0 spiro atoms. The van der Waals surface area contributed by atoms with Gasteiger partial charge in [0.15, 0.2) is 5.11 Å². The molecule has 176 valence electrons. The number of likely N-dealkylation sites (N-methyl/N-ethyl adjacent to an activating group) is 1. The summed E-state index contributed by atoms with van der Waals surface area (Å²) in [4.78, 5) is 27.8. The van der Waals surface area contributed by atoms with Crippen LogP contribution in [0.5, 0.6) is 0 Å². The van der Waals surface area contributed by atoms with Crippen LogP contribution in [0.15, 0.2) is 48.3 Å². The molecule has 1 fully saturated rings. The second-order valence-corrected chi connectivity index (χ2v) is 9.16. The largest absolute Gasteiger partial charge is 0.468 e. The Morgan fingerprint density at radius 1 is 1.18 bits per heavy atom. The molecule has 1 amide bonds. The van der Waals surface area contributed by atoms with Crippen LogP contribution in [0.1, 0.15) is 23.6 Å². The summed E-state index contributed by atoms with van der Waals surface area (Å²) < 4.78 is 6.92. The Bertz CT molecular complexity index is 1350. The maximum absolute atomic E-state index is 13.0. The van der Waals surface area contributed by atoms with Crippen LogP contribution in [0, 0.1) is 0 Å². The number of ether oxygens (including phenoxy) is 1. The van der Waals surface area contributed by atoms with E-state index in [1.807, 2.05) is 30.5 Å². The number of amides is 1. The normalized spacial score (nSPS) is 15.1. The van der Waals surface area contributed by atoms with E-state index in [9.17, 15) is 9.59 Å². The van der Waals surface area contributed by atoms with Crippen molar-refractivity contribution in [2.45, 2.75) is 19.9 Å². The van der Waals surface area contributed by atoms with Gasteiger partial charge in [-0.05, 0) is 48.0 Å². The summed E-state index contributed by atoms with van der Waals surface area (Å²) in [6.07, 6.45) is 4.61. The van der Waals surface area contributed by atoms with Crippen LogP contribution in [0.25, 0.3) is 17.0 Å². The molecule has 2 heterocycles. The van der Waals surface area contributed by atoms with Crippen molar-refractivity contribution in [1.29, 1.82) is 0 Å². The summed E-state index contributed by atoms with van der Waals surface area (Å²) in [7, 11) is 2.90. The van der Waals surface area contributed by atoms with E-state index >= 15 is 0 Å². The standard InChI is InChI=1S/C25H23Cl2N3O3S/c1-4-15-6-5-7-19-17(10-21-24(32)28(2)25(34)30(21)14-22(31)33-3)13-29(23(15)19)12-16-8-9-18(26)11-20(16)27/h5-11,13H,4,12,14H2,1-3H3/b21-10-. The van der Waals surface area contributed by atoms with Crippen molar-refractivity contribution < 1.29 is 14.3 Å². The summed E-state index contributed by atoms with van der Waals surface area (Å²) in [5, 5.41) is 2.41. The molecule has 9 heteroatoms. The molecule has 0 bridgehead atoms. The molecule has 0 radical (unpaired) electrons. The number of nitrogens with zero attached hydrogens (tertiary/aromatic N) is 3. The van der Waals surface area contributed by atoms with Crippen molar-refractivity contribution >= 4 is 69.4 Å². The quantitative estimate of drug-likeness (QED) is 0.258. The number of carbonyl (C=O) groups is 2. The average Bonchev–Trinajstić information content (AvgIpc) is 3.27. The molecule has 0 aliphatic carbocycles. The zero-order chi connectivity index (χ0) is 24.6. The van der Waals surface area contributed by atoms with E-state index in [1.165, 1.54) is 22.5 Å². The van der Waals surface area contributed by atoms with Crippen LogP contribution in [0.3, 0.4) is 0 Å². The van der Waals surface area contributed by atoms with Gasteiger partial charge in [-0.3, -0.25) is 14.5 Å². The number of aromatic nitrogens is 1. The lowest BCUT2D eigenvalue weighted by atomic mass is 10.1. The van der Waals surface area contributed by atoms with Gasteiger partial charge in [-0.25, -0.2) is 0 Å². The Kier molecular flexibility index (Phi) is 6.98. The highest BCUT2D eigenvalue weighted by molar-refractivity contribution is 7.80. The third-order valence-electron chi connectivity index (χ3n) is 5.89. The van der Waals surface area contributed by atoms with Gasteiger partial charge in [0, 0.05) is 40.8 Å². The molecular weight excluding hydrogens is 493 g/mol. The zero-order valence-corrected chi connectivity index (χ0v) is 21.3. The second kappa shape index (κ2) is 9.78. The highest BCUT2D eigenvalue weighted by Gasteiger charge is 2.37. The third-order valence-corrected chi connectivity index (χ3v) is 6.97. The molecule has 1 aliphatic heterocycles. The summed E-state index contributed by atoms with van der Waals surface area (Å²) >= 11 is 17.9. The van der Waals surface area contributed by atoms with Gasteiger partial charge >= 0.3 is 5.97 Å². The first-order valence-electron chi connectivity index (χ1n) is 10.7. The van der Waals surface area contributed by atoms with Gasteiger partial charge in [-0.2, -0.15) is 0 Å². The van der Waals surface area contributed by atoms with Gasteiger partial charge in [0.05, 0.1) is 12.6 Å². The van der Waals surface area contributed by atoms with Crippen molar-refractivity contribution in [3.05, 3.63) is 75.0 Å². The minimum Gasteiger partial charge on any atom is -0.468 e. The Hall–Kier alpha value is -2.87. The van der Waals surface area contributed by atoms with Gasteiger partial charge in [0.25, 0.3) is 5.91 Å². The van der Waals surface area contributed by atoms with E-state index < -0.39 is 5.97 Å². The lowest BCUT2D eigenvalue weighted by Gasteiger charge is -2.16. The van der Waals surface area contributed by atoms with Crippen LogP contribution in [-0.2, 0) is 27.3 Å². The summed E-state index contributed by atoms with van der Waals surface area (Å²) in [5.41, 5.74) is 4.32. The number of esters is 1. The molecular formula is C25H23Cl2N3O3S. The number of carbonyl (C=O) groups excluding carboxylic acids is 2. The number of thiocarbonyl (C=S) groups is 1. The number of halogens is 2. The van der Waals surface area contributed by atoms with Crippen molar-refractivity contribution in [2.24, 2.45) is 0 Å². The molecule has 0 N–H and O–H groups in total. The number of hydrogen-bond acceptors (Lipinski definition) is 4. The predicted molar refractivity (Wildman–Crippen MR) is 139 cm³/mol. The molecule has 2 aromatic carbocycles. The number of para-hydroxylation sites is 1. The van der Waals surface area contributed by atoms with Crippen LogP contribution in [0.2, 0.25) is 10.0 Å². The van der Waals surface area contributed by atoms with E-state index in [1.54, 1.807) is 19.2 Å². The Balaban J connectivity index is 1.86. The molecule has 1 saturated heterocycles. The molecule has 0 saturated carbocycles. The number of rotatable bonds is 6. The highest BCUT2D eigenvalue weighted by atomic mass is 35.5. The van der Waals surface area contributed by atoms with Gasteiger partial charge in [-0.1, -0.05) is 54.4 Å². The molecule has 1 aromatic heterocycles. The van der Waals surface area contributed by atoms with E-state index in [0.29, 0.717) is 22.3 Å². The molecule has 6 nitrogen and oxygen atoms in total. The monoisotopic (exact) mass is 515 g/mol. The smallest absolute Gasteiger partial charge is 0.325 e. The summed E-state index contributed by atoms with van der Waals surface area (Å²) in [6, 6.07) is 11.6. The minimum atomic E-state index is -0.482. The topological polar surface area (TPSA) is 54.8 Å². The van der Waals surface area contributed by atoms with Gasteiger partial charge < -0.3 is 14.2 Å². The van der Waals surface area contributed by atoms with E-state index in [4.69, 9.17) is 40.2 Å². The Morgan fingerprint density at radius 2 is 1.94 bits per heavy atom. The van der Waals surface area contributed by atoms with Crippen LogP contribution >= 0.6 is 35.4 Å². The van der Waals surface area contributed by atoms with Crippen LogP contribution in [-0.4, -0.2) is 52.1 Å². The van der Waals surface area contributed by atoms with Crippen molar-refractivity contribution in [1.82, 2.24) is 14.4 Å². The Morgan fingerprint density at radius 3 is 2.62 bits per heavy atom. The molecule has 4 rings (SSSR count). The minimum absolute atomic E-state index is 0.142. The fourth-order valence-electron chi connectivity index (χ4n) is 4.12. The molecule has 0 unspecified atom stereocenters. The predicted octanol–water partition coefficient (Wildman–Crippen LogP) is 5.13. The first kappa shape index (κ1) is 24.3. The summed E-state index contributed by atoms with van der Waals surface area (Å²) in [5.74, 6) is -0.758. The van der Waals surface area contributed by atoms with Crippen molar-refractivity contribution in [3.8, 4) is 0 Å². The fourth-order valence-corrected chi connectivity index (χ4v) is 4.83. The maximum atomic E-state index is 13.0. The third kappa shape index (κ3) is 4.43. The lowest BCUT2D eigenvalue weighted by Crippen LogP contribution is -2.33. The number of methoxy groups -OCH3 is 1. The zero-order valence-electron chi connectivity index (χ0n) is 19.0. The summed E-state index contributed by atoms with van der Waals surface area (Å²) in [6.45, 7) is 2.49. The maximum Gasteiger partial charge on any atom is 0.325 e. The van der Waals surface area contributed by atoms with E-state index in [-0.39, 0.29) is 17.6 Å². The molecule has 34 heavy (non-hydrogen) atoms. The van der Waals surface area contributed by atoms with Gasteiger partial charge in [0.2, 0.25) is 0 Å². The Labute approximate surface area is 213 Å². The van der Waals surface area contributed by atoms with E-state index in [2.05, 4.69) is 17.6 Å². The first-order chi connectivity index (χ1) is 16.2. The first-order valence-corrected chi connectivity index (χ1v) is 11.8. The van der Waals surface area contributed by atoms with Crippen LogP contribution < -0.4 is 0 Å². The average molecular weight is 516 g/mol. The van der Waals surface area contributed by atoms with Gasteiger partial charge in [-0.15, -0.1) is 0 Å². The number of aryl methyl sites for hydroxylation is 1. The number of hydrogen-bond donors (Lipinski definition) is 0. The number of fused-ring (bicyclic) bond motifs is 1. The SMILES string of the molecule is CCc1cccc2c(/C=C3/C(=O)N(C)C(=S)N3CC(=O)OC)cn(Cc3ccc(Cl)cc3Cl)c12. The van der Waals surface area contributed by atoms with Crippen LogP contribution in [0.4, 0.5) is 0 Å². The molecule has 1 aliphatic rings. The fraction of sp³-hybridized carbons (Fsp3) is 0.240. The molecule has 3 aromatic rings. The number of benzene rings is 2. The van der Waals surface area contributed by atoms with E-state index in [0.717, 1.165) is 28.5 Å². The van der Waals surface area contributed by atoms with Crippen molar-refractivity contribution in [2.75, 3.05) is 20.7 Å². The second-order valence-electron chi connectivity index (χ2n) is 7.95. The van der Waals surface area contributed by atoms with Gasteiger partial charge in [0.1, 0.15) is 12.2 Å². The lowest BCUT2D eigenvalue weighted by molar-refractivity contribution is -0.140. The van der Waals surface area contributed by atoms with Crippen molar-refractivity contribution in [3.63, 3.8) is 0 Å². The molecule has 0 atom stereocenters. The highest BCUT2D eigenvalue weighted by Crippen LogP contribution is 2.31.